The van der Waals surface area contributed by atoms with Gasteiger partial charge in [-0.1, -0.05) is 26.8 Å². The molecule has 1 amide bonds. The molecule has 22 heavy (non-hydrogen) atoms. The molecule has 0 atom stereocenters. The van der Waals surface area contributed by atoms with Crippen LogP contribution in [0.3, 0.4) is 0 Å². The number of anilines is 3. The molecule has 0 heterocycles. The second-order valence-electron chi connectivity index (χ2n) is 6.10. The van der Waals surface area contributed by atoms with E-state index < -0.39 is 5.41 Å². The van der Waals surface area contributed by atoms with Crippen molar-refractivity contribution in [2.24, 2.45) is 5.41 Å². The summed E-state index contributed by atoms with van der Waals surface area (Å²) in [6, 6.07) is 16.9. The van der Waals surface area contributed by atoms with Crippen LogP contribution in [0, 0.1) is 16.7 Å². The predicted octanol–water partition coefficient (Wildman–Crippen LogP) is 4.29. The first kappa shape index (κ1) is 15.6. The molecule has 0 aliphatic carbocycles. The molecule has 2 N–H and O–H groups in total. The first-order valence-corrected chi connectivity index (χ1v) is 7.07. The molecule has 0 saturated carbocycles. The highest BCUT2D eigenvalue weighted by molar-refractivity contribution is 5.94. The maximum atomic E-state index is 11.9. The Morgan fingerprint density at radius 2 is 1.64 bits per heavy atom. The van der Waals surface area contributed by atoms with Crippen LogP contribution in [0.4, 0.5) is 17.1 Å². The molecular formula is C18H19N3O. The summed E-state index contributed by atoms with van der Waals surface area (Å²) in [7, 11) is 0. The van der Waals surface area contributed by atoms with Gasteiger partial charge < -0.3 is 10.6 Å². The van der Waals surface area contributed by atoms with Gasteiger partial charge in [0.05, 0.1) is 11.6 Å². The topological polar surface area (TPSA) is 64.9 Å². The first-order chi connectivity index (χ1) is 10.4. The van der Waals surface area contributed by atoms with Gasteiger partial charge in [0.1, 0.15) is 0 Å². The van der Waals surface area contributed by atoms with Gasteiger partial charge in [-0.25, -0.2) is 0 Å². The third-order valence-electron chi connectivity index (χ3n) is 3.10. The highest BCUT2D eigenvalue weighted by Gasteiger charge is 2.20. The Morgan fingerprint density at radius 1 is 1.00 bits per heavy atom. The highest BCUT2D eigenvalue weighted by atomic mass is 16.2. The van der Waals surface area contributed by atoms with Gasteiger partial charge in [-0.15, -0.1) is 0 Å². The number of benzene rings is 2. The van der Waals surface area contributed by atoms with Gasteiger partial charge in [-0.2, -0.15) is 5.26 Å². The third kappa shape index (κ3) is 4.10. The Bertz CT molecular complexity index is 706. The number of carbonyl (C=O) groups excluding carboxylic acids is 1. The minimum Gasteiger partial charge on any atom is -0.355 e. The largest absolute Gasteiger partial charge is 0.355 e. The number of rotatable bonds is 3. The van der Waals surface area contributed by atoms with Gasteiger partial charge in [-0.3, -0.25) is 4.79 Å². The molecule has 2 aromatic carbocycles. The molecule has 2 aromatic rings. The fourth-order valence-corrected chi connectivity index (χ4v) is 1.79. The molecule has 0 aromatic heterocycles. The van der Waals surface area contributed by atoms with Crippen molar-refractivity contribution in [3.05, 3.63) is 54.1 Å². The number of nitriles is 1. The van der Waals surface area contributed by atoms with Gasteiger partial charge in [-0.05, 0) is 42.5 Å². The lowest BCUT2D eigenvalue weighted by molar-refractivity contribution is -0.123. The van der Waals surface area contributed by atoms with E-state index in [1.807, 2.05) is 57.2 Å². The summed E-state index contributed by atoms with van der Waals surface area (Å²) in [4.78, 5) is 11.9. The number of amides is 1. The lowest BCUT2D eigenvalue weighted by atomic mass is 9.95. The van der Waals surface area contributed by atoms with Crippen molar-refractivity contribution in [3.63, 3.8) is 0 Å². The van der Waals surface area contributed by atoms with Crippen LogP contribution in [-0.2, 0) is 4.79 Å². The molecule has 4 heteroatoms. The molecule has 0 radical (unpaired) electrons. The maximum Gasteiger partial charge on any atom is 0.229 e. The fraction of sp³-hybridized carbons (Fsp3) is 0.222. The van der Waals surface area contributed by atoms with E-state index in [0.29, 0.717) is 5.56 Å². The molecule has 0 bridgehead atoms. The second-order valence-corrected chi connectivity index (χ2v) is 6.10. The highest BCUT2D eigenvalue weighted by Crippen LogP contribution is 2.21. The average Bonchev–Trinajstić information content (AvgIpc) is 2.48. The van der Waals surface area contributed by atoms with Crippen LogP contribution in [0.1, 0.15) is 26.3 Å². The van der Waals surface area contributed by atoms with E-state index in [0.717, 1.165) is 17.1 Å². The van der Waals surface area contributed by atoms with Crippen LogP contribution in [0.15, 0.2) is 48.5 Å². The summed E-state index contributed by atoms with van der Waals surface area (Å²) in [5.74, 6) is -0.0186. The van der Waals surface area contributed by atoms with Gasteiger partial charge in [0.2, 0.25) is 5.91 Å². The minimum atomic E-state index is -0.422. The van der Waals surface area contributed by atoms with Gasteiger partial charge in [0.25, 0.3) is 0 Å². The molecule has 112 valence electrons. The van der Waals surface area contributed by atoms with E-state index >= 15 is 0 Å². The van der Waals surface area contributed by atoms with Crippen molar-refractivity contribution in [1.82, 2.24) is 0 Å². The fourth-order valence-electron chi connectivity index (χ4n) is 1.79. The Kier molecular flexibility index (Phi) is 4.47. The molecule has 0 aliphatic rings. The van der Waals surface area contributed by atoms with E-state index in [9.17, 15) is 4.79 Å². The number of nitrogens with one attached hydrogen (secondary N) is 2. The Morgan fingerprint density at radius 3 is 2.23 bits per heavy atom. The molecular weight excluding hydrogens is 274 g/mol. The average molecular weight is 293 g/mol. The predicted molar refractivity (Wildman–Crippen MR) is 89.0 cm³/mol. The van der Waals surface area contributed by atoms with Crippen molar-refractivity contribution in [2.45, 2.75) is 20.8 Å². The van der Waals surface area contributed by atoms with Gasteiger partial charge in [0, 0.05) is 22.5 Å². The van der Waals surface area contributed by atoms with Crippen LogP contribution in [-0.4, -0.2) is 5.91 Å². The zero-order chi connectivity index (χ0) is 16.2. The van der Waals surface area contributed by atoms with Crippen molar-refractivity contribution in [3.8, 4) is 6.07 Å². The molecule has 0 fully saturated rings. The van der Waals surface area contributed by atoms with E-state index in [1.165, 1.54) is 0 Å². The smallest absolute Gasteiger partial charge is 0.229 e. The van der Waals surface area contributed by atoms with Crippen molar-refractivity contribution < 1.29 is 4.79 Å². The normalized spacial score (nSPS) is 10.6. The van der Waals surface area contributed by atoms with Crippen LogP contribution >= 0.6 is 0 Å². The van der Waals surface area contributed by atoms with Crippen LogP contribution < -0.4 is 10.6 Å². The SMILES string of the molecule is CC(C)(C)C(=O)Nc1ccc(Nc2cccc(C#N)c2)cc1. The van der Waals surface area contributed by atoms with Gasteiger partial charge in [0.15, 0.2) is 0 Å². The van der Waals surface area contributed by atoms with E-state index in [1.54, 1.807) is 12.1 Å². The van der Waals surface area contributed by atoms with E-state index in [-0.39, 0.29) is 5.91 Å². The molecule has 0 saturated heterocycles. The molecule has 0 spiro atoms. The molecule has 4 nitrogen and oxygen atoms in total. The van der Waals surface area contributed by atoms with E-state index in [2.05, 4.69) is 16.7 Å². The summed E-state index contributed by atoms with van der Waals surface area (Å²) in [5.41, 5.74) is 2.69. The molecule has 2 rings (SSSR count). The lowest BCUT2D eigenvalue weighted by Crippen LogP contribution is -2.27. The van der Waals surface area contributed by atoms with Crippen LogP contribution in [0.2, 0.25) is 0 Å². The zero-order valence-corrected chi connectivity index (χ0v) is 13.0. The monoisotopic (exact) mass is 293 g/mol. The van der Waals surface area contributed by atoms with Crippen molar-refractivity contribution in [2.75, 3.05) is 10.6 Å². The molecule has 0 aliphatic heterocycles. The van der Waals surface area contributed by atoms with Gasteiger partial charge >= 0.3 is 0 Å². The van der Waals surface area contributed by atoms with Crippen molar-refractivity contribution >= 4 is 23.0 Å². The minimum absolute atomic E-state index is 0.0186. The Hall–Kier alpha value is -2.80. The standard InChI is InChI=1S/C18H19N3O/c1-18(2,3)17(22)21-15-9-7-14(8-10-15)20-16-6-4-5-13(11-16)12-19/h4-11,20H,1-3H3,(H,21,22). The summed E-state index contributed by atoms with van der Waals surface area (Å²) >= 11 is 0. The van der Waals surface area contributed by atoms with Crippen molar-refractivity contribution in [1.29, 1.82) is 5.26 Å². The maximum absolute atomic E-state index is 11.9. The van der Waals surface area contributed by atoms with E-state index in [4.69, 9.17) is 5.26 Å². The Labute approximate surface area is 130 Å². The quantitative estimate of drug-likeness (QED) is 0.887. The summed E-state index contributed by atoms with van der Waals surface area (Å²) in [6.07, 6.45) is 0. The molecule has 0 unspecified atom stereocenters. The summed E-state index contributed by atoms with van der Waals surface area (Å²) < 4.78 is 0. The number of hydrogen-bond donors (Lipinski definition) is 2. The summed E-state index contributed by atoms with van der Waals surface area (Å²) in [6.45, 7) is 5.63. The van der Waals surface area contributed by atoms with Crippen LogP contribution in [0.5, 0.6) is 0 Å². The second kappa shape index (κ2) is 6.31. The lowest BCUT2D eigenvalue weighted by Gasteiger charge is -2.17. The Balaban J connectivity index is 2.06. The number of hydrogen-bond acceptors (Lipinski definition) is 3. The third-order valence-corrected chi connectivity index (χ3v) is 3.10. The number of carbonyl (C=O) groups is 1. The first-order valence-electron chi connectivity index (χ1n) is 7.07. The number of nitrogens with zero attached hydrogens (tertiary/aromatic N) is 1. The summed E-state index contributed by atoms with van der Waals surface area (Å²) in [5, 5.41) is 15.0. The van der Waals surface area contributed by atoms with Crippen LogP contribution in [0.25, 0.3) is 0 Å². The zero-order valence-electron chi connectivity index (χ0n) is 13.0.